The van der Waals surface area contributed by atoms with Crippen LogP contribution >= 0.6 is 0 Å². The summed E-state index contributed by atoms with van der Waals surface area (Å²) in [6.45, 7) is 4.92. The van der Waals surface area contributed by atoms with E-state index in [9.17, 15) is 13.2 Å². The Bertz CT molecular complexity index is 864. The third-order valence-corrected chi connectivity index (χ3v) is 3.87. The fraction of sp³-hybridized carbons (Fsp3) is 0.333. The second-order valence-electron chi connectivity index (χ2n) is 6.19. The van der Waals surface area contributed by atoms with Crippen molar-refractivity contribution in [1.82, 2.24) is 4.98 Å². The van der Waals surface area contributed by atoms with Crippen molar-refractivity contribution in [1.29, 1.82) is 0 Å². The number of fused-ring (bicyclic) bond motifs is 1. The first-order valence-corrected chi connectivity index (χ1v) is 7.64. The van der Waals surface area contributed by atoms with E-state index in [0.717, 1.165) is 0 Å². The minimum Gasteiger partial charge on any atom is -0.494 e. The molecule has 0 bridgehead atoms. The molecule has 0 spiro atoms. The summed E-state index contributed by atoms with van der Waals surface area (Å²) < 4.78 is 51.1. The number of aliphatic imine (C=N–C) groups is 1. The number of pyridine rings is 1. The molecule has 4 nitrogen and oxygen atoms in total. The van der Waals surface area contributed by atoms with E-state index in [0.29, 0.717) is 22.4 Å². The van der Waals surface area contributed by atoms with Crippen molar-refractivity contribution >= 4 is 5.71 Å². The number of nitrogens with zero attached hydrogens (tertiary/aromatic N) is 2. The van der Waals surface area contributed by atoms with E-state index in [1.54, 1.807) is 32.9 Å². The SMILES string of the molecule is COc1ccc2c(c1F)OC(C)(C)N=C2c1cnc(C(F)F)c(C)c1. The van der Waals surface area contributed by atoms with Gasteiger partial charge in [0.1, 0.15) is 5.69 Å². The highest BCUT2D eigenvalue weighted by atomic mass is 19.3. The third kappa shape index (κ3) is 3.06. The molecule has 0 aliphatic carbocycles. The van der Waals surface area contributed by atoms with Crippen molar-refractivity contribution < 1.29 is 22.6 Å². The van der Waals surface area contributed by atoms with Crippen LogP contribution in [0.1, 0.15) is 42.7 Å². The number of halogens is 3. The second-order valence-corrected chi connectivity index (χ2v) is 6.19. The van der Waals surface area contributed by atoms with Crippen molar-refractivity contribution in [2.45, 2.75) is 32.9 Å². The third-order valence-electron chi connectivity index (χ3n) is 3.87. The molecule has 0 radical (unpaired) electrons. The van der Waals surface area contributed by atoms with Crippen LogP contribution in [0.5, 0.6) is 11.5 Å². The Morgan fingerprint density at radius 3 is 2.56 bits per heavy atom. The van der Waals surface area contributed by atoms with Gasteiger partial charge in [-0.1, -0.05) is 0 Å². The number of hydrogen-bond acceptors (Lipinski definition) is 4. The summed E-state index contributed by atoms with van der Waals surface area (Å²) in [5.74, 6) is -0.558. The smallest absolute Gasteiger partial charge is 0.280 e. The Hall–Kier alpha value is -2.57. The number of methoxy groups -OCH3 is 1. The van der Waals surface area contributed by atoms with E-state index < -0.39 is 18.0 Å². The number of aryl methyl sites for hydroxylation is 1. The Balaban J connectivity index is 2.18. The molecule has 1 aliphatic rings. The van der Waals surface area contributed by atoms with Crippen LogP contribution < -0.4 is 9.47 Å². The van der Waals surface area contributed by atoms with Crippen molar-refractivity contribution in [3.63, 3.8) is 0 Å². The summed E-state index contributed by atoms with van der Waals surface area (Å²) >= 11 is 0. The lowest BCUT2D eigenvalue weighted by Gasteiger charge is -2.30. The maximum absolute atomic E-state index is 14.6. The number of aromatic nitrogens is 1. The molecule has 2 heterocycles. The molecule has 0 saturated heterocycles. The molecule has 2 aromatic rings. The predicted molar refractivity (Wildman–Crippen MR) is 87.2 cm³/mol. The largest absolute Gasteiger partial charge is 0.494 e. The quantitative estimate of drug-likeness (QED) is 0.822. The molecular formula is C18H17F3N2O2. The zero-order chi connectivity index (χ0) is 18.4. The average Bonchev–Trinajstić information content (AvgIpc) is 2.54. The first kappa shape index (κ1) is 17.3. The van der Waals surface area contributed by atoms with Gasteiger partial charge in [0.25, 0.3) is 6.43 Å². The molecule has 0 atom stereocenters. The highest BCUT2D eigenvalue weighted by molar-refractivity contribution is 6.15. The number of ether oxygens (including phenoxy) is 2. The summed E-state index contributed by atoms with van der Waals surface area (Å²) in [6.07, 6.45) is -1.34. The summed E-state index contributed by atoms with van der Waals surface area (Å²) in [7, 11) is 1.37. The topological polar surface area (TPSA) is 43.7 Å². The van der Waals surface area contributed by atoms with Crippen LogP contribution in [0, 0.1) is 12.7 Å². The maximum Gasteiger partial charge on any atom is 0.280 e. The fourth-order valence-electron chi connectivity index (χ4n) is 2.75. The highest BCUT2D eigenvalue weighted by Gasteiger charge is 2.32. The van der Waals surface area contributed by atoms with Gasteiger partial charge in [-0.15, -0.1) is 0 Å². The Labute approximate surface area is 143 Å². The van der Waals surface area contributed by atoms with Crippen molar-refractivity contribution in [2.75, 3.05) is 7.11 Å². The molecule has 0 unspecified atom stereocenters. The van der Waals surface area contributed by atoms with Gasteiger partial charge in [0.05, 0.1) is 12.8 Å². The molecular weight excluding hydrogens is 333 g/mol. The van der Waals surface area contributed by atoms with Crippen LogP contribution in [0.15, 0.2) is 29.4 Å². The van der Waals surface area contributed by atoms with Gasteiger partial charge < -0.3 is 9.47 Å². The predicted octanol–water partition coefficient (Wildman–Crippen LogP) is 4.44. The van der Waals surface area contributed by atoms with E-state index in [1.807, 2.05) is 0 Å². The molecule has 7 heteroatoms. The van der Waals surface area contributed by atoms with Crippen LogP contribution in [0.4, 0.5) is 13.2 Å². The van der Waals surface area contributed by atoms with Crippen LogP contribution in [-0.4, -0.2) is 23.5 Å². The van der Waals surface area contributed by atoms with Gasteiger partial charge in [0.15, 0.2) is 17.2 Å². The van der Waals surface area contributed by atoms with Crippen molar-refractivity contribution in [3.05, 3.63) is 52.6 Å². The first-order valence-electron chi connectivity index (χ1n) is 7.64. The lowest BCUT2D eigenvalue weighted by molar-refractivity contribution is 0.108. The molecule has 1 aromatic carbocycles. The van der Waals surface area contributed by atoms with Gasteiger partial charge in [0.2, 0.25) is 5.82 Å². The maximum atomic E-state index is 14.6. The zero-order valence-electron chi connectivity index (χ0n) is 14.2. The minimum absolute atomic E-state index is 0.0185. The molecule has 25 heavy (non-hydrogen) atoms. The molecule has 0 saturated carbocycles. The van der Waals surface area contributed by atoms with Crippen molar-refractivity contribution in [2.24, 2.45) is 4.99 Å². The normalized spacial score (nSPS) is 15.4. The first-order chi connectivity index (χ1) is 11.7. The van der Waals surface area contributed by atoms with Gasteiger partial charge >= 0.3 is 0 Å². The van der Waals surface area contributed by atoms with Gasteiger partial charge in [-0.05, 0) is 44.5 Å². The summed E-state index contributed by atoms with van der Waals surface area (Å²) in [5, 5.41) is 0. The number of benzene rings is 1. The minimum atomic E-state index is -2.66. The second kappa shape index (κ2) is 6.06. The van der Waals surface area contributed by atoms with E-state index in [-0.39, 0.29) is 17.2 Å². The average molecular weight is 350 g/mol. The lowest BCUT2D eigenvalue weighted by atomic mass is 9.98. The van der Waals surface area contributed by atoms with E-state index >= 15 is 0 Å². The van der Waals surface area contributed by atoms with Gasteiger partial charge in [-0.3, -0.25) is 4.98 Å². The summed E-state index contributed by atoms with van der Waals surface area (Å²) in [4.78, 5) is 8.34. The Morgan fingerprint density at radius 2 is 1.96 bits per heavy atom. The van der Waals surface area contributed by atoms with Crippen LogP contribution in [0.3, 0.4) is 0 Å². The molecule has 132 valence electrons. The van der Waals surface area contributed by atoms with Gasteiger partial charge in [-0.2, -0.15) is 4.39 Å². The molecule has 1 aliphatic heterocycles. The summed E-state index contributed by atoms with van der Waals surface area (Å²) in [5.41, 5.74) is 0.411. The monoisotopic (exact) mass is 350 g/mol. The highest BCUT2D eigenvalue weighted by Crippen LogP contribution is 2.38. The molecule has 0 amide bonds. The summed E-state index contributed by atoms with van der Waals surface area (Å²) in [6, 6.07) is 4.67. The number of rotatable bonds is 3. The Kier molecular flexibility index (Phi) is 4.18. The molecule has 3 rings (SSSR count). The fourth-order valence-corrected chi connectivity index (χ4v) is 2.75. The lowest BCUT2D eigenvalue weighted by Crippen LogP contribution is -2.33. The molecule has 0 fully saturated rings. The van der Waals surface area contributed by atoms with E-state index in [4.69, 9.17) is 9.47 Å². The number of alkyl halides is 2. The molecule has 0 N–H and O–H groups in total. The van der Waals surface area contributed by atoms with Crippen LogP contribution in [0.2, 0.25) is 0 Å². The van der Waals surface area contributed by atoms with Crippen LogP contribution in [-0.2, 0) is 0 Å². The van der Waals surface area contributed by atoms with Crippen LogP contribution in [0.25, 0.3) is 0 Å². The Morgan fingerprint density at radius 1 is 1.24 bits per heavy atom. The number of hydrogen-bond donors (Lipinski definition) is 0. The zero-order valence-corrected chi connectivity index (χ0v) is 14.2. The van der Waals surface area contributed by atoms with Gasteiger partial charge in [-0.25, -0.2) is 13.8 Å². The standard InChI is InChI=1S/C18H17F3N2O2/c1-9-7-10(8-22-14(9)17(20)21)15-11-5-6-12(24-4)13(19)16(11)25-18(2,3)23-15/h5-8,17H,1-4H3. The molecule has 1 aromatic heterocycles. The van der Waals surface area contributed by atoms with E-state index in [2.05, 4.69) is 9.98 Å². The van der Waals surface area contributed by atoms with Gasteiger partial charge in [0, 0.05) is 17.3 Å². The van der Waals surface area contributed by atoms with E-state index in [1.165, 1.54) is 19.4 Å². The van der Waals surface area contributed by atoms with Crippen molar-refractivity contribution in [3.8, 4) is 11.5 Å².